The summed E-state index contributed by atoms with van der Waals surface area (Å²) in [5.74, 6) is 0.535. The highest BCUT2D eigenvalue weighted by Gasteiger charge is 2.54. The molecule has 0 aromatic heterocycles. The third-order valence-corrected chi connectivity index (χ3v) is 10.8. The van der Waals surface area contributed by atoms with Gasteiger partial charge in [-0.25, -0.2) is 0 Å². The number of nitrogens with two attached hydrogens (primary N) is 5. The zero-order valence-corrected chi connectivity index (χ0v) is 28.8. The normalized spacial score (nSPS) is 47.8. The molecule has 20 heteroatoms. The standard InChI is InChI=1S/C31H61N7O13/c32-6-19-23(43)24(44)21(36)30(47-19)50-27-20(11-41)48-31(25(27)45)51-28-22(42)18(38-14(9-39)10-40)5-17(35)26(28)49-29-16(34)2-1-15(46-29)8-37-7-12-3-13(33)4-12/h12-31,37-45H,1-11,32-36H2/t12?,13?,15-,16+,17-,18+,19-,20+,21+,22-,23+,24+,25+,26+,27+,28+,29+,30+,31-/m0/s1. The van der Waals surface area contributed by atoms with Crippen LogP contribution in [0.3, 0.4) is 0 Å². The molecule has 0 amide bonds. The fourth-order valence-corrected chi connectivity index (χ4v) is 7.63. The van der Waals surface area contributed by atoms with Gasteiger partial charge in [0.2, 0.25) is 0 Å². The maximum atomic E-state index is 11.7. The minimum atomic E-state index is -1.59. The first-order chi connectivity index (χ1) is 24.4. The van der Waals surface area contributed by atoms with Crippen molar-refractivity contribution in [2.75, 3.05) is 39.5 Å². The molecule has 3 heterocycles. The summed E-state index contributed by atoms with van der Waals surface area (Å²) in [4.78, 5) is 0. The van der Waals surface area contributed by atoms with Gasteiger partial charge in [-0.05, 0) is 44.6 Å². The zero-order chi connectivity index (χ0) is 37.0. The Morgan fingerprint density at radius 3 is 1.98 bits per heavy atom. The van der Waals surface area contributed by atoms with Crippen LogP contribution in [0.5, 0.6) is 0 Å². The first-order valence-electron chi connectivity index (χ1n) is 18.1. The van der Waals surface area contributed by atoms with Crippen LogP contribution in [0.25, 0.3) is 0 Å². The molecule has 19 N–H and O–H groups in total. The van der Waals surface area contributed by atoms with Gasteiger partial charge in [-0.3, -0.25) is 0 Å². The van der Waals surface area contributed by atoms with E-state index in [-0.39, 0.29) is 25.1 Å². The number of aliphatic hydroxyl groups is 7. The number of hydrogen-bond acceptors (Lipinski definition) is 20. The minimum absolute atomic E-state index is 0.144. The lowest BCUT2D eigenvalue weighted by molar-refractivity contribution is -0.290. The molecule has 5 aliphatic rings. The van der Waals surface area contributed by atoms with Crippen molar-refractivity contribution in [2.24, 2.45) is 34.6 Å². The third kappa shape index (κ3) is 9.72. The highest BCUT2D eigenvalue weighted by atomic mass is 16.8. The van der Waals surface area contributed by atoms with Crippen molar-refractivity contribution in [3.8, 4) is 0 Å². The van der Waals surface area contributed by atoms with E-state index in [1.165, 1.54) is 0 Å². The van der Waals surface area contributed by atoms with Crippen LogP contribution in [0.1, 0.15) is 32.1 Å². The summed E-state index contributed by atoms with van der Waals surface area (Å²) >= 11 is 0. The summed E-state index contributed by atoms with van der Waals surface area (Å²) in [6, 6.07) is -3.85. The average Bonchev–Trinajstić information content (AvgIpc) is 3.40. The van der Waals surface area contributed by atoms with Gasteiger partial charge >= 0.3 is 0 Å². The second-order valence-electron chi connectivity index (χ2n) is 14.7. The molecule has 17 atom stereocenters. The van der Waals surface area contributed by atoms with Gasteiger partial charge in [-0.15, -0.1) is 0 Å². The average molecular weight is 740 g/mol. The van der Waals surface area contributed by atoms with E-state index in [4.69, 9.17) is 57.1 Å². The Balaban J connectivity index is 1.29. The molecule has 0 radical (unpaired) electrons. The van der Waals surface area contributed by atoms with Gasteiger partial charge < -0.3 is 103 Å². The Morgan fingerprint density at radius 2 is 1.33 bits per heavy atom. The molecule has 5 fully saturated rings. The Kier molecular flexibility index (Phi) is 15.2. The summed E-state index contributed by atoms with van der Waals surface area (Å²) in [6.07, 6.45) is -12.1. The predicted octanol–water partition coefficient (Wildman–Crippen LogP) is -7.48. The molecule has 0 spiro atoms. The predicted molar refractivity (Wildman–Crippen MR) is 177 cm³/mol. The van der Waals surface area contributed by atoms with E-state index in [2.05, 4.69) is 10.6 Å². The lowest BCUT2D eigenvalue weighted by Gasteiger charge is -2.47. The molecule has 0 bridgehead atoms. The van der Waals surface area contributed by atoms with E-state index >= 15 is 0 Å². The SMILES string of the molecule is NC[C@@H]1O[C@H](O[C@H]2[C@@H](O)[C@H](O[C@@H]3[C@@H](O)[C@H](NC(CO)CO)C[C@H](N)[C@H]3O[C@H]3O[C@H](CNCC4CC(N)C4)CC[C@H]3N)O[C@@H]2CO)[C@H](N)[C@@H](O)[C@@H]1O. The summed E-state index contributed by atoms with van der Waals surface area (Å²) in [6.45, 7) is -0.218. The van der Waals surface area contributed by atoms with Crippen LogP contribution < -0.4 is 39.3 Å². The maximum Gasteiger partial charge on any atom is 0.187 e. The second kappa shape index (κ2) is 18.7. The van der Waals surface area contributed by atoms with Crippen molar-refractivity contribution >= 4 is 0 Å². The number of aliphatic hydroxyl groups excluding tert-OH is 7. The number of rotatable bonds is 16. The molecule has 2 aliphatic carbocycles. The third-order valence-electron chi connectivity index (χ3n) is 10.8. The van der Waals surface area contributed by atoms with Crippen molar-refractivity contribution in [3.05, 3.63) is 0 Å². The summed E-state index contributed by atoms with van der Waals surface area (Å²) in [5, 5.41) is 79.8. The molecule has 0 aromatic carbocycles. The Bertz CT molecular complexity index is 1050. The van der Waals surface area contributed by atoms with Crippen molar-refractivity contribution in [2.45, 2.75) is 148 Å². The van der Waals surface area contributed by atoms with Crippen LogP contribution in [0.15, 0.2) is 0 Å². The van der Waals surface area contributed by atoms with E-state index in [1.807, 2.05) is 0 Å². The summed E-state index contributed by atoms with van der Waals surface area (Å²) in [7, 11) is 0. The minimum Gasteiger partial charge on any atom is -0.395 e. The summed E-state index contributed by atoms with van der Waals surface area (Å²) < 4.78 is 36.4. The lowest BCUT2D eigenvalue weighted by atomic mass is 9.81. The van der Waals surface area contributed by atoms with E-state index in [1.54, 1.807) is 0 Å². The number of ether oxygens (including phenoxy) is 6. The van der Waals surface area contributed by atoms with Gasteiger partial charge in [-0.2, -0.15) is 0 Å². The zero-order valence-electron chi connectivity index (χ0n) is 28.8. The van der Waals surface area contributed by atoms with Gasteiger partial charge in [0.15, 0.2) is 18.9 Å². The van der Waals surface area contributed by atoms with E-state index in [0.29, 0.717) is 25.3 Å². The Morgan fingerprint density at radius 1 is 0.667 bits per heavy atom. The molecule has 20 nitrogen and oxygen atoms in total. The molecular weight excluding hydrogens is 678 g/mol. The second-order valence-corrected chi connectivity index (χ2v) is 14.7. The van der Waals surface area contributed by atoms with Crippen LogP contribution in [-0.2, 0) is 28.4 Å². The molecule has 3 saturated heterocycles. The molecule has 3 aliphatic heterocycles. The van der Waals surface area contributed by atoms with Crippen molar-refractivity contribution in [1.82, 2.24) is 10.6 Å². The van der Waals surface area contributed by atoms with Crippen molar-refractivity contribution in [3.63, 3.8) is 0 Å². The van der Waals surface area contributed by atoms with Crippen LogP contribution in [-0.4, -0.2) is 191 Å². The largest absolute Gasteiger partial charge is 0.395 e. The lowest BCUT2D eigenvalue weighted by Crippen LogP contribution is -2.67. The molecule has 5 rings (SSSR count). The van der Waals surface area contributed by atoms with Gasteiger partial charge in [0.25, 0.3) is 0 Å². The van der Waals surface area contributed by atoms with Gasteiger partial charge in [-0.1, -0.05) is 0 Å². The molecule has 298 valence electrons. The first-order valence-corrected chi connectivity index (χ1v) is 18.1. The molecular formula is C31H61N7O13. The quantitative estimate of drug-likeness (QED) is 0.0699. The molecule has 0 aromatic rings. The smallest absolute Gasteiger partial charge is 0.187 e. The monoisotopic (exact) mass is 739 g/mol. The Labute approximate surface area is 297 Å². The number of hydrogen-bond donors (Lipinski definition) is 14. The van der Waals surface area contributed by atoms with E-state index in [0.717, 1.165) is 19.4 Å². The first kappa shape index (κ1) is 41.4. The van der Waals surface area contributed by atoms with E-state index < -0.39 is 124 Å². The Hall–Kier alpha value is -0.800. The van der Waals surface area contributed by atoms with Gasteiger partial charge in [0.1, 0.15) is 48.8 Å². The summed E-state index contributed by atoms with van der Waals surface area (Å²) in [5.41, 5.74) is 30.7. The molecule has 2 saturated carbocycles. The fraction of sp³-hybridized carbons (Fsp3) is 1.00. The topological polar surface area (TPSA) is 351 Å². The van der Waals surface area contributed by atoms with Crippen molar-refractivity contribution < 1.29 is 64.2 Å². The molecule has 51 heavy (non-hydrogen) atoms. The molecule has 0 unspecified atom stereocenters. The fourth-order valence-electron chi connectivity index (χ4n) is 7.63. The van der Waals surface area contributed by atoms with Crippen molar-refractivity contribution in [1.29, 1.82) is 0 Å². The van der Waals surface area contributed by atoms with Crippen LogP contribution >= 0.6 is 0 Å². The van der Waals surface area contributed by atoms with Crippen LogP contribution in [0.2, 0.25) is 0 Å². The van der Waals surface area contributed by atoms with Crippen LogP contribution in [0, 0.1) is 5.92 Å². The van der Waals surface area contributed by atoms with Gasteiger partial charge in [0, 0.05) is 31.2 Å². The maximum absolute atomic E-state index is 11.7. The van der Waals surface area contributed by atoms with E-state index in [9.17, 15) is 35.7 Å². The van der Waals surface area contributed by atoms with Crippen LogP contribution in [0.4, 0.5) is 0 Å². The van der Waals surface area contributed by atoms with Gasteiger partial charge in [0.05, 0.1) is 50.2 Å². The highest BCUT2D eigenvalue weighted by Crippen LogP contribution is 2.35. The number of nitrogens with one attached hydrogen (secondary N) is 2. The highest BCUT2D eigenvalue weighted by molar-refractivity contribution is 5.03.